The van der Waals surface area contributed by atoms with Gasteiger partial charge in [0.1, 0.15) is 0 Å². The van der Waals surface area contributed by atoms with Gasteiger partial charge in [0.2, 0.25) is 0 Å². The number of hydrogen-bond acceptors (Lipinski definition) is 3. The van der Waals surface area contributed by atoms with Crippen molar-refractivity contribution >= 4 is 11.4 Å². The van der Waals surface area contributed by atoms with Crippen LogP contribution in [-0.2, 0) is 0 Å². The number of rotatable bonds is 7. The molecule has 0 radical (unpaired) electrons. The summed E-state index contributed by atoms with van der Waals surface area (Å²) in [5.74, 6) is 0. The van der Waals surface area contributed by atoms with Crippen molar-refractivity contribution in [1.82, 2.24) is 4.90 Å². The molecule has 2 aromatic carbocycles. The molecule has 1 N–H and O–H groups in total. The second-order valence-electron chi connectivity index (χ2n) is 6.60. The summed E-state index contributed by atoms with van der Waals surface area (Å²) in [7, 11) is 0. The lowest BCUT2D eigenvalue weighted by Crippen LogP contribution is -2.36. The molecule has 3 rings (SSSR count). The Morgan fingerprint density at radius 2 is 1.38 bits per heavy atom. The van der Waals surface area contributed by atoms with Crippen molar-refractivity contribution < 1.29 is 5.11 Å². The maximum absolute atomic E-state index is 9.59. The molecule has 0 saturated carbocycles. The molecule has 1 heterocycles. The topological polar surface area (TPSA) is 26.7 Å². The summed E-state index contributed by atoms with van der Waals surface area (Å²) in [5, 5.41) is 9.59. The molecule has 3 heteroatoms. The molecule has 0 aliphatic carbocycles. The molecular formula is C21H28N2O. The van der Waals surface area contributed by atoms with Gasteiger partial charge >= 0.3 is 0 Å². The Bertz CT molecular complexity index is 540. The molecule has 1 aliphatic heterocycles. The summed E-state index contributed by atoms with van der Waals surface area (Å²) in [6.45, 7) is 4.26. The zero-order valence-electron chi connectivity index (χ0n) is 14.3. The van der Waals surface area contributed by atoms with Gasteiger partial charge in [-0.3, -0.25) is 0 Å². The van der Waals surface area contributed by atoms with Crippen molar-refractivity contribution in [3.05, 3.63) is 60.7 Å². The lowest BCUT2D eigenvalue weighted by molar-refractivity contribution is 0.0819. The highest BCUT2D eigenvalue weighted by molar-refractivity contribution is 5.62. The smallest absolute Gasteiger partial charge is 0.0564 e. The first-order valence-corrected chi connectivity index (χ1v) is 9.11. The van der Waals surface area contributed by atoms with Crippen LogP contribution in [0, 0.1) is 0 Å². The normalized spacial score (nSPS) is 16.2. The van der Waals surface area contributed by atoms with Crippen LogP contribution in [0.25, 0.3) is 0 Å². The SMILES string of the molecule is OC1CCN(CCCCN(c2ccccc2)c2ccccc2)CC1. The van der Waals surface area contributed by atoms with Crippen molar-refractivity contribution in [2.24, 2.45) is 0 Å². The van der Waals surface area contributed by atoms with Gasteiger partial charge in [0.05, 0.1) is 6.10 Å². The fourth-order valence-corrected chi connectivity index (χ4v) is 3.37. The largest absolute Gasteiger partial charge is 0.393 e. The van der Waals surface area contributed by atoms with E-state index in [1.54, 1.807) is 0 Å². The summed E-state index contributed by atoms with van der Waals surface area (Å²) >= 11 is 0. The van der Waals surface area contributed by atoms with Gasteiger partial charge in [-0.15, -0.1) is 0 Å². The molecular weight excluding hydrogens is 296 g/mol. The van der Waals surface area contributed by atoms with Crippen molar-refractivity contribution in [3.63, 3.8) is 0 Å². The predicted octanol–water partition coefficient (Wildman–Crippen LogP) is 4.06. The Morgan fingerprint density at radius 1 is 0.833 bits per heavy atom. The second kappa shape index (κ2) is 8.86. The van der Waals surface area contributed by atoms with Crippen LogP contribution in [0.3, 0.4) is 0 Å². The molecule has 1 fully saturated rings. The number of anilines is 2. The number of para-hydroxylation sites is 2. The number of hydrogen-bond donors (Lipinski definition) is 1. The van der Waals surface area contributed by atoms with Crippen LogP contribution >= 0.6 is 0 Å². The van der Waals surface area contributed by atoms with Gasteiger partial charge in [0.15, 0.2) is 0 Å². The zero-order valence-corrected chi connectivity index (χ0v) is 14.3. The summed E-state index contributed by atoms with van der Waals surface area (Å²) in [4.78, 5) is 4.89. The molecule has 128 valence electrons. The monoisotopic (exact) mass is 324 g/mol. The number of aliphatic hydroxyl groups excluding tert-OH is 1. The zero-order chi connectivity index (χ0) is 16.6. The van der Waals surface area contributed by atoms with E-state index in [9.17, 15) is 5.11 Å². The van der Waals surface area contributed by atoms with Crippen molar-refractivity contribution in [2.45, 2.75) is 31.8 Å². The average Bonchev–Trinajstić information content (AvgIpc) is 2.65. The molecule has 0 aromatic heterocycles. The molecule has 0 atom stereocenters. The van der Waals surface area contributed by atoms with Crippen molar-refractivity contribution in [3.8, 4) is 0 Å². The average molecular weight is 324 g/mol. The van der Waals surface area contributed by atoms with Gasteiger partial charge in [-0.25, -0.2) is 0 Å². The molecule has 3 nitrogen and oxygen atoms in total. The standard InChI is InChI=1S/C21H28N2O/c24-21-13-17-22(18-14-21)15-7-8-16-23(19-9-3-1-4-10-19)20-11-5-2-6-12-20/h1-6,9-12,21,24H,7-8,13-18H2. The van der Waals surface area contributed by atoms with Gasteiger partial charge in [-0.1, -0.05) is 36.4 Å². The number of likely N-dealkylation sites (tertiary alicyclic amines) is 1. The Kier molecular flexibility index (Phi) is 6.27. The predicted molar refractivity (Wildman–Crippen MR) is 101 cm³/mol. The quantitative estimate of drug-likeness (QED) is 0.778. The first-order valence-electron chi connectivity index (χ1n) is 9.11. The highest BCUT2D eigenvalue weighted by Gasteiger charge is 2.16. The fourth-order valence-electron chi connectivity index (χ4n) is 3.37. The maximum Gasteiger partial charge on any atom is 0.0564 e. The number of piperidine rings is 1. The number of nitrogens with zero attached hydrogens (tertiary/aromatic N) is 2. The Morgan fingerprint density at radius 3 is 1.92 bits per heavy atom. The molecule has 1 saturated heterocycles. The van der Waals surface area contributed by atoms with E-state index >= 15 is 0 Å². The van der Waals surface area contributed by atoms with E-state index in [0.717, 1.165) is 39.0 Å². The van der Waals surface area contributed by atoms with Crippen LogP contribution < -0.4 is 4.90 Å². The molecule has 24 heavy (non-hydrogen) atoms. The highest BCUT2D eigenvalue weighted by Crippen LogP contribution is 2.25. The van der Waals surface area contributed by atoms with Crippen molar-refractivity contribution in [2.75, 3.05) is 31.1 Å². The lowest BCUT2D eigenvalue weighted by atomic mass is 10.1. The lowest BCUT2D eigenvalue weighted by Gasteiger charge is -2.30. The van der Waals surface area contributed by atoms with E-state index in [0.29, 0.717) is 0 Å². The van der Waals surface area contributed by atoms with Crippen LogP contribution in [0.15, 0.2) is 60.7 Å². The summed E-state index contributed by atoms with van der Waals surface area (Å²) in [6, 6.07) is 21.3. The summed E-state index contributed by atoms with van der Waals surface area (Å²) < 4.78 is 0. The van der Waals surface area contributed by atoms with Gasteiger partial charge in [0.25, 0.3) is 0 Å². The van der Waals surface area contributed by atoms with Crippen LogP contribution in [-0.4, -0.2) is 42.3 Å². The Balaban J connectivity index is 1.53. The van der Waals surface area contributed by atoms with E-state index in [4.69, 9.17) is 0 Å². The van der Waals surface area contributed by atoms with E-state index in [1.165, 1.54) is 24.2 Å². The third-order valence-electron chi connectivity index (χ3n) is 4.80. The van der Waals surface area contributed by atoms with E-state index in [1.807, 2.05) is 0 Å². The van der Waals surface area contributed by atoms with Gasteiger partial charge in [-0.2, -0.15) is 0 Å². The Hall–Kier alpha value is -1.84. The molecule has 2 aromatic rings. The maximum atomic E-state index is 9.59. The number of aliphatic hydroxyl groups is 1. The van der Waals surface area contributed by atoms with Gasteiger partial charge in [-0.05, 0) is 56.5 Å². The molecule has 0 bridgehead atoms. The fraction of sp³-hybridized carbons (Fsp3) is 0.429. The van der Waals surface area contributed by atoms with Crippen molar-refractivity contribution in [1.29, 1.82) is 0 Å². The summed E-state index contributed by atoms with van der Waals surface area (Å²) in [5.41, 5.74) is 2.51. The third kappa shape index (κ3) is 4.83. The second-order valence-corrected chi connectivity index (χ2v) is 6.60. The first kappa shape index (κ1) is 17.0. The van der Waals surface area contributed by atoms with Gasteiger partial charge in [0, 0.05) is 31.0 Å². The van der Waals surface area contributed by atoms with Crippen LogP contribution in [0.5, 0.6) is 0 Å². The number of benzene rings is 2. The molecule has 0 spiro atoms. The van der Waals surface area contributed by atoms with Gasteiger partial charge < -0.3 is 14.9 Å². The van der Waals surface area contributed by atoms with Crippen LogP contribution in [0.1, 0.15) is 25.7 Å². The van der Waals surface area contributed by atoms with E-state index < -0.39 is 0 Å². The number of unbranched alkanes of at least 4 members (excludes halogenated alkanes) is 1. The Labute approximate surface area is 145 Å². The molecule has 0 amide bonds. The summed E-state index contributed by atoms with van der Waals surface area (Å²) in [6.07, 6.45) is 4.16. The highest BCUT2D eigenvalue weighted by atomic mass is 16.3. The molecule has 0 unspecified atom stereocenters. The van der Waals surface area contributed by atoms with E-state index in [-0.39, 0.29) is 6.10 Å². The minimum atomic E-state index is -0.0760. The minimum Gasteiger partial charge on any atom is -0.393 e. The molecule has 1 aliphatic rings. The first-order chi connectivity index (χ1) is 11.8. The van der Waals surface area contributed by atoms with Crippen LogP contribution in [0.2, 0.25) is 0 Å². The van der Waals surface area contributed by atoms with Crippen LogP contribution in [0.4, 0.5) is 11.4 Å². The van der Waals surface area contributed by atoms with E-state index in [2.05, 4.69) is 70.5 Å². The third-order valence-corrected chi connectivity index (χ3v) is 4.80. The minimum absolute atomic E-state index is 0.0760.